The maximum Gasteiger partial charge on any atom is 0.319 e. The molecule has 1 aromatic rings. The van der Waals surface area contributed by atoms with E-state index in [1.165, 1.54) is 4.90 Å². The quantitative estimate of drug-likeness (QED) is 0.871. The van der Waals surface area contributed by atoms with E-state index in [1.54, 1.807) is 31.2 Å². The fraction of sp³-hybridized carbons (Fsp3) is 0.615. The molecule has 7 heteroatoms. The Morgan fingerprint density at radius 3 is 2.50 bits per heavy atom. The summed E-state index contributed by atoms with van der Waals surface area (Å²) in [6.07, 6.45) is 3.64. The van der Waals surface area contributed by atoms with Crippen molar-refractivity contribution in [2.24, 2.45) is 0 Å². The molecule has 0 aliphatic heterocycles. The summed E-state index contributed by atoms with van der Waals surface area (Å²) >= 11 is 0. The summed E-state index contributed by atoms with van der Waals surface area (Å²) in [5.41, 5.74) is 0.491. The van der Waals surface area contributed by atoms with Crippen LogP contribution in [-0.4, -0.2) is 47.3 Å². The van der Waals surface area contributed by atoms with Gasteiger partial charge in [-0.2, -0.15) is 5.10 Å². The van der Waals surface area contributed by atoms with Crippen LogP contribution in [0, 0.1) is 0 Å². The third kappa shape index (κ3) is 4.91. The lowest BCUT2D eigenvalue weighted by Crippen LogP contribution is -2.33. The Morgan fingerprint density at radius 2 is 2.00 bits per heavy atom. The maximum atomic E-state index is 11.6. The van der Waals surface area contributed by atoms with Gasteiger partial charge in [0.2, 0.25) is 5.91 Å². The van der Waals surface area contributed by atoms with Crippen LogP contribution in [0.2, 0.25) is 0 Å². The number of nitrogens with zero attached hydrogens (tertiary/aromatic N) is 3. The van der Waals surface area contributed by atoms with Gasteiger partial charge in [-0.05, 0) is 20.8 Å². The molecule has 0 radical (unpaired) electrons. The monoisotopic (exact) mass is 281 g/mol. The van der Waals surface area contributed by atoms with Crippen molar-refractivity contribution < 1.29 is 9.59 Å². The molecule has 3 amide bonds. The zero-order chi connectivity index (χ0) is 15.3. The molecule has 1 rings (SSSR count). The van der Waals surface area contributed by atoms with Gasteiger partial charge in [-0.15, -0.1) is 0 Å². The van der Waals surface area contributed by atoms with Crippen LogP contribution in [0.25, 0.3) is 0 Å². The Morgan fingerprint density at radius 1 is 1.35 bits per heavy atom. The van der Waals surface area contributed by atoms with Gasteiger partial charge in [0.05, 0.1) is 17.4 Å². The molecule has 0 saturated carbocycles. The van der Waals surface area contributed by atoms with E-state index >= 15 is 0 Å². The number of carbonyl (C=O) groups excluding carboxylic acids is 2. The summed E-state index contributed by atoms with van der Waals surface area (Å²) in [7, 11) is 3.37. The standard InChI is InChI=1S/C13H23N5O2/c1-13(2,3)18-9-10(8-15-18)16-12(20)14-7-6-11(19)17(4)5/h8-9H,6-7H2,1-5H3,(H2,14,16,20). The summed E-state index contributed by atoms with van der Waals surface area (Å²) < 4.78 is 1.78. The third-order valence-electron chi connectivity index (χ3n) is 2.65. The molecule has 7 nitrogen and oxygen atoms in total. The second-order valence-electron chi connectivity index (χ2n) is 5.76. The van der Waals surface area contributed by atoms with E-state index in [-0.39, 0.29) is 23.9 Å². The van der Waals surface area contributed by atoms with Gasteiger partial charge in [0.15, 0.2) is 0 Å². The van der Waals surface area contributed by atoms with E-state index in [2.05, 4.69) is 15.7 Å². The second-order valence-corrected chi connectivity index (χ2v) is 5.76. The molecule has 0 saturated heterocycles. The normalized spacial score (nSPS) is 11.1. The first-order valence-electron chi connectivity index (χ1n) is 6.50. The summed E-state index contributed by atoms with van der Waals surface area (Å²) in [6, 6.07) is -0.343. The molecule has 112 valence electrons. The van der Waals surface area contributed by atoms with E-state index in [4.69, 9.17) is 0 Å². The summed E-state index contributed by atoms with van der Waals surface area (Å²) in [5, 5.41) is 9.50. The maximum absolute atomic E-state index is 11.6. The largest absolute Gasteiger partial charge is 0.349 e. The third-order valence-corrected chi connectivity index (χ3v) is 2.65. The molecule has 1 aromatic heterocycles. The van der Waals surface area contributed by atoms with Crippen molar-refractivity contribution in [3.05, 3.63) is 12.4 Å². The molecule has 0 spiro atoms. The lowest BCUT2D eigenvalue weighted by molar-refractivity contribution is -0.128. The van der Waals surface area contributed by atoms with E-state index in [1.807, 2.05) is 20.8 Å². The predicted octanol–water partition coefficient (Wildman–Crippen LogP) is 1.24. The van der Waals surface area contributed by atoms with Crippen molar-refractivity contribution >= 4 is 17.6 Å². The molecule has 0 bridgehead atoms. The highest BCUT2D eigenvalue weighted by molar-refractivity contribution is 5.89. The van der Waals surface area contributed by atoms with Crippen molar-refractivity contribution in [2.75, 3.05) is 26.0 Å². The summed E-state index contributed by atoms with van der Waals surface area (Å²) in [5.74, 6) is -0.0224. The lowest BCUT2D eigenvalue weighted by Gasteiger charge is -2.18. The summed E-state index contributed by atoms with van der Waals surface area (Å²) in [6.45, 7) is 6.38. The molecular weight excluding hydrogens is 258 g/mol. The van der Waals surface area contributed by atoms with Crippen LogP contribution in [0.3, 0.4) is 0 Å². The molecule has 0 unspecified atom stereocenters. The molecular formula is C13H23N5O2. The van der Waals surface area contributed by atoms with E-state index in [0.717, 1.165) is 0 Å². The summed E-state index contributed by atoms with van der Waals surface area (Å²) in [4.78, 5) is 24.5. The van der Waals surface area contributed by atoms with Gasteiger partial charge in [-0.25, -0.2) is 4.79 Å². The van der Waals surface area contributed by atoms with E-state index in [9.17, 15) is 9.59 Å². The van der Waals surface area contributed by atoms with E-state index in [0.29, 0.717) is 12.2 Å². The molecule has 0 aliphatic carbocycles. The van der Waals surface area contributed by atoms with E-state index < -0.39 is 0 Å². The van der Waals surface area contributed by atoms with Crippen LogP contribution < -0.4 is 10.6 Å². The van der Waals surface area contributed by atoms with Crippen molar-refractivity contribution in [3.63, 3.8) is 0 Å². The van der Waals surface area contributed by atoms with Gasteiger partial charge in [-0.3, -0.25) is 9.48 Å². The Balaban J connectivity index is 2.40. The number of anilines is 1. The minimum Gasteiger partial charge on any atom is -0.349 e. The zero-order valence-corrected chi connectivity index (χ0v) is 12.7. The molecule has 0 aliphatic rings. The van der Waals surface area contributed by atoms with Crippen molar-refractivity contribution in [1.29, 1.82) is 0 Å². The number of amides is 3. The van der Waals surface area contributed by atoms with Gasteiger partial charge in [0.1, 0.15) is 0 Å². The van der Waals surface area contributed by atoms with Gasteiger partial charge >= 0.3 is 6.03 Å². The topological polar surface area (TPSA) is 79.3 Å². The van der Waals surface area contributed by atoms with Crippen LogP contribution in [-0.2, 0) is 10.3 Å². The average molecular weight is 281 g/mol. The molecule has 0 fully saturated rings. The smallest absolute Gasteiger partial charge is 0.319 e. The van der Waals surface area contributed by atoms with Crippen LogP contribution >= 0.6 is 0 Å². The minimum atomic E-state index is -0.343. The highest BCUT2D eigenvalue weighted by atomic mass is 16.2. The zero-order valence-electron chi connectivity index (χ0n) is 12.7. The molecule has 20 heavy (non-hydrogen) atoms. The average Bonchev–Trinajstić information content (AvgIpc) is 2.76. The Kier molecular flexibility index (Phi) is 5.12. The van der Waals surface area contributed by atoms with Crippen LogP contribution in [0.15, 0.2) is 12.4 Å². The highest BCUT2D eigenvalue weighted by Crippen LogP contribution is 2.15. The number of nitrogens with one attached hydrogen (secondary N) is 2. The number of hydrogen-bond acceptors (Lipinski definition) is 3. The number of urea groups is 1. The number of hydrogen-bond donors (Lipinski definition) is 2. The van der Waals surface area contributed by atoms with Gasteiger partial charge in [-0.1, -0.05) is 0 Å². The van der Waals surface area contributed by atoms with Crippen molar-refractivity contribution in [3.8, 4) is 0 Å². The molecule has 0 atom stereocenters. The van der Waals surface area contributed by atoms with Gasteiger partial charge in [0, 0.05) is 33.3 Å². The SMILES string of the molecule is CN(C)C(=O)CCNC(=O)Nc1cnn(C(C)(C)C)c1. The van der Waals surface area contributed by atoms with Gasteiger partial charge in [0.25, 0.3) is 0 Å². The van der Waals surface area contributed by atoms with Crippen molar-refractivity contribution in [1.82, 2.24) is 20.0 Å². The van der Waals surface area contributed by atoms with Crippen LogP contribution in [0.5, 0.6) is 0 Å². The fourth-order valence-electron chi connectivity index (χ4n) is 1.44. The van der Waals surface area contributed by atoms with Crippen molar-refractivity contribution in [2.45, 2.75) is 32.7 Å². The van der Waals surface area contributed by atoms with Crippen LogP contribution in [0.1, 0.15) is 27.2 Å². The molecule has 2 N–H and O–H groups in total. The minimum absolute atomic E-state index is 0.0224. The molecule has 0 aromatic carbocycles. The first-order chi connectivity index (χ1) is 9.20. The lowest BCUT2D eigenvalue weighted by atomic mass is 10.1. The Bertz CT molecular complexity index is 473. The first kappa shape index (κ1) is 16.0. The van der Waals surface area contributed by atoms with Crippen LogP contribution in [0.4, 0.5) is 10.5 Å². The fourth-order valence-corrected chi connectivity index (χ4v) is 1.44. The first-order valence-corrected chi connectivity index (χ1v) is 6.50. The highest BCUT2D eigenvalue weighted by Gasteiger charge is 2.14. The predicted molar refractivity (Wildman–Crippen MR) is 77.6 cm³/mol. The second kappa shape index (κ2) is 6.40. The Labute approximate surface area is 119 Å². The number of carbonyl (C=O) groups is 2. The molecule has 1 heterocycles. The Hall–Kier alpha value is -2.05. The van der Waals surface area contributed by atoms with Gasteiger partial charge < -0.3 is 15.5 Å². The number of aromatic nitrogens is 2. The number of rotatable bonds is 4.